The van der Waals surface area contributed by atoms with Crippen molar-refractivity contribution in [1.29, 1.82) is 0 Å². The zero-order valence-corrected chi connectivity index (χ0v) is 17.9. The first kappa shape index (κ1) is 21.3. The first-order valence-electron chi connectivity index (χ1n) is 8.92. The molecule has 0 atom stereocenters. The van der Waals surface area contributed by atoms with Gasteiger partial charge in [0.25, 0.3) is 0 Å². The van der Waals surface area contributed by atoms with Crippen molar-refractivity contribution >= 4 is 29.3 Å². The number of alkyl halides is 1. The van der Waals surface area contributed by atoms with Gasteiger partial charge in [0.1, 0.15) is 17.4 Å². The standard InChI is InChI=1S/C21H21FN2O3S2/c1-13-10-16(8-9-17(13)27-21(2,3)20(25)26)28-12-18-23-19(29-24-18)15-6-4-14(11-22)5-7-15/h4-10H,11-12H2,1-3H3,(H,25,26). The van der Waals surface area contributed by atoms with Gasteiger partial charge in [0.2, 0.25) is 0 Å². The smallest absolute Gasteiger partial charge is 0.347 e. The molecule has 0 unspecified atom stereocenters. The summed E-state index contributed by atoms with van der Waals surface area (Å²) in [4.78, 5) is 16.8. The number of aromatic nitrogens is 2. The fourth-order valence-corrected chi connectivity index (χ4v) is 4.07. The van der Waals surface area contributed by atoms with Crippen molar-refractivity contribution in [3.05, 3.63) is 59.4 Å². The number of benzene rings is 2. The molecule has 0 radical (unpaired) electrons. The number of carboxylic acids is 1. The van der Waals surface area contributed by atoms with E-state index < -0.39 is 18.2 Å². The van der Waals surface area contributed by atoms with Crippen molar-refractivity contribution in [1.82, 2.24) is 9.36 Å². The number of aliphatic carboxylic acids is 1. The molecule has 3 rings (SSSR count). The molecule has 29 heavy (non-hydrogen) atoms. The van der Waals surface area contributed by atoms with Crippen LogP contribution in [-0.2, 0) is 17.2 Å². The molecule has 1 N–H and O–H groups in total. The molecule has 0 spiro atoms. The normalized spacial score (nSPS) is 11.4. The number of ether oxygens (including phenoxy) is 1. The molecule has 0 bridgehead atoms. The second-order valence-electron chi connectivity index (χ2n) is 6.98. The lowest BCUT2D eigenvalue weighted by Crippen LogP contribution is -2.38. The van der Waals surface area contributed by atoms with Crippen LogP contribution in [0.4, 0.5) is 4.39 Å². The van der Waals surface area contributed by atoms with E-state index >= 15 is 0 Å². The largest absolute Gasteiger partial charge is 0.478 e. The van der Waals surface area contributed by atoms with Gasteiger partial charge in [-0.2, -0.15) is 4.37 Å². The van der Waals surface area contributed by atoms with Gasteiger partial charge in [-0.05, 0) is 61.6 Å². The van der Waals surface area contributed by atoms with Gasteiger partial charge in [-0.25, -0.2) is 14.2 Å². The van der Waals surface area contributed by atoms with E-state index in [1.165, 1.54) is 25.4 Å². The summed E-state index contributed by atoms with van der Waals surface area (Å²) in [7, 11) is 0. The molecule has 0 fully saturated rings. The minimum absolute atomic E-state index is 0.477. The third kappa shape index (κ3) is 5.33. The molecular weight excluding hydrogens is 411 g/mol. The molecule has 1 aromatic heterocycles. The van der Waals surface area contributed by atoms with Crippen molar-refractivity contribution in [3.63, 3.8) is 0 Å². The molecule has 2 aromatic carbocycles. The highest BCUT2D eigenvalue weighted by molar-refractivity contribution is 7.98. The number of rotatable bonds is 8. The Labute approximate surface area is 177 Å². The summed E-state index contributed by atoms with van der Waals surface area (Å²) in [6.45, 7) is 4.45. The quantitative estimate of drug-likeness (QED) is 0.473. The first-order chi connectivity index (χ1) is 13.8. The molecule has 0 aliphatic carbocycles. The predicted molar refractivity (Wildman–Crippen MR) is 113 cm³/mol. The second kappa shape index (κ2) is 8.92. The lowest BCUT2D eigenvalue weighted by atomic mass is 10.1. The summed E-state index contributed by atoms with van der Waals surface area (Å²) in [6.07, 6.45) is 0. The zero-order valence-electron chi connectivity index (χ0n) is 16.3. The van der Waals surface area contributed by atoms with E-state index in [-0.39, 0.29) is 0 Å². The Hall–Kier alpha value is -2.45. The summed E-state index contributed by atoms with van der Waals surface area (Å²) < 4.78 is 22.7. The van der Waals surface area contributed by atoms with Crippen molar-refractivity contribution in [2.45, 2.75) is 43.7 Å². The molecule has 0 saturated carbocycles. The molecule has 152 valence electrons. The van der Waals surface area contributed by atoms with Gasteiger partial charge < -0.3 is 9.84 Å². The van der Waals surface area contributed by atoms with Gasteiger partial charge in [0.15, 0.2) is 11.4 Å². The average Bonchev–Trinajstić information content (AvgIpc) is 3.17. The topological polar surface area (TPSA) is 72.3 Å². The Morgan fingerprint density at radius 3 is 2.59 bits per heavy atom. The van der Waals surface area contributed by atoms with E-state index in [1.54, 1.807) is 30.0 Å². The van der Waals surface area contributed by atoms with Crippen LogP contribution in [0.2, 0.25) is 0 Å². The molecular formula is C21H21FN2O3S2. The van der Waals surface area contributed by atoms with Gasteiger partial charge in [0.05, 0.1) is 5.75 Å². The minimum Gasteiger partial charge on any atom is -0.478 e. The van der Waals surface area contributed by atoms with Crippen LogP contribution in [0, 0.1) is 6.92 Å². The van der Waals surface area contributed by atoms with Crippen LogP contribution < -0.4 is 4.74 Å². The Balaban J connectivity index is 1.63. The molecule has 3 aromatic rings. The van der Waals surface area contributed by atoms with Crippen LogP contribution in [0.3, 0.4) is 0 Å². The minimum atomic E-state index is -1.29. The average molecular weight is 433 g/mol. The van der Waals surface area contributed by atoms with Crippen LogP contribution in [-0.4, -0.2) is 26.0 Å². The van der Waals surface area contributed by atoms with Gasteiger partial charge in [0, 0.05) is 10.5 Å². The number of aryl methyl sites for hydroxylation is 1. The Morgan fingerprint density at radius 2 is 1.97 bits per heavy atom. The maximum Gasteiger partial charge on any atom is 0.347 e. The Morgan fingerprint density at radius 1 is 1.24 bits per heavy atom. The van der Waals surface area contributed by atoms with Gasteiger partial charge in [-0.15, -0.1) is 11.8 Å². The fraction of sp³-hybridized carbons (Fsp3) is 0.286. The number of carbonyl (C=O) groups is 1. The van der Waals surface area contributed by atoms with E-state index in [1.807, 2.05) is 31.2 Å². The van der Waals surface area contributed by atoms with Crippen LogP contribution in [0.15, 0.2) is 47.4 Å². The van der Waals surface area contributed by atoms with Crippen LogP contribution >= 0.6 is 23.3 Å². The summed E-state index contributed by atoms with van der Waals surface area (Å²) in [5.41, 5.74) is 1.14. The zero-order chi connectivity index (χ0) is 21.0. The second-order valence-corrected chi connectivity index (χ2v) is 8.78. The van der Waals surface area contributed by atoms with Gasteiger partial charge in [-0.3, -0.25) is 0 Å². The molecule has 0 aliphatic rings. The molecule has 0 saturated heterocycles. The maximum atomic E-state index is 12.6. The first-order valence-corrected chi connectivity index (χ1v) is 10.7. The highest BCUT2D eigenvalue weighted by Crippen LogP contribution is 2.30. The molecule has 0 aliphatic heterocycles. The highest BCUT2D eigenvalue weighted by Gasteiger charge is 2.29. The molecule has 8 heteroatoms. The van der Waals surface area contributed by atoms with Crippen LogP contribution in [0.1, 0.15) is 30.8 Å². The number of hydrogen-bond donors (Lipinski definition) is 1. The number of carboxylic acid groups (broad SMARTS) is 1. The number of nitrogens with zero attached hydrogens (tertiary/aromatic N) is 2. The fourth-order valence-electron chi connectivity index (χ4n) is 2.46. The van der Waals surface area contributed by atoms with Crippen LogP contribution in [0.5, 0.6) is 5.75 Å². The summed E-state index contributed by atoms with van der Waals surface area (Å²) >= 11 is 2.92. The predicted octanol–water partition coefficient (Wildman–Crippen LogP) is 5.52. The summed E-state index contributed by atoms with van der Waals surface area (Å²) in [5, 5.41) is 10.0. The SMILES string of the molecule is Cc1cc(SCc2nsc(-c3ccc(CF)cc3)n2)ccc1OC(C)(C)C(=O)O. The molecule has 0 amide bonds. The highest BCUT2D eigenvalue weighted by atomic mass is 32.2. The number of hydrogen-bond acceptors (Lipinski definition) is 6. The summed E-state index contributed by atoms with van der Waals surface area (Å²) in [5.74, 6) is 0.876. The van der Waals surface area contributed by atoms with Crippen molar-refractivity contribution in [2.75, 3.05) is 0 Å². The monoisotopic (exact) mass is 432 g/mol. The number of thioether (sulfide) groups is 1. The number of halogens is 1. The third-order valence-corrected chi connectivity index (χ3v) is 6.01. The third-order valence-electron chi connectivity index (χ3n) is 4.22. The van der Waals surface area contributed by atoms with E-state index in [0.717, 1.165) is 26.9 Å². The van der Waals surface area contributed by atoms with Crippen molar-refractivity contribution in [2.24, 2.45) is 0 Å². The lowest BCUT2D eigenvalue weighted by molar-refractivity contribution is -0.152. The van der Waals surface area contributed by atoms with E-state index in [0.29, 0.717) is 17.1 Å². The Bertz CT molecular complexity index is 1000. The van der Waals surface area contributed by atoms with E-state index in [2.05, 4.69) is 9.36 Å². The maximum absolute atomic E-state index is 12.6. The lowest BCUT2D eigenvalue weighted by Gasteiger charge is -2.22. The van der Waals surface area contributed by atoms with Gasteiger partial charge in [-0.1, -0.05) is 24.3 Å². The van der Waals surface area contributed by atoms with E-state index in [4.69, 9.17) is 4.74 Å². The van der Waals surface area contributed by atoms with E-state index in [9.17, 15) is 14.3 Å². The van der Waals surface area contributed by atoms with Crippen molar-refractivity contribution < 1.29 is 19.0 Å². The Kier molecular flexibility index (Phi) is 6.54. The van der Waals surface area contributed by atoms with Crippen molar-refractivity contribution in [3.8, 4) is 16.3 Å². The van der Waals surface area contributed by atoms with Crippen LogP contribution in [0.25, 0.3) is 10.6 Å². The molecule has 5 nitrogen and oxygen atoms in total. The molecule has 1 heterocycles. The summed E-state index contributed by atoms with van der Waals surface area (Å²) in [6, 6.07) is 12.9. The van der Waals surface area contributed by atoms with Gasteiger partial charge >= 0.3 is 5.97 Å².